The highest BCUT2D eigenvalue weighted by Gasteiger charge is 2.24. The van der Waals surface area contributed by atoms with E-state index < -0.39 is 0 Å². The standard InChI is InChI=1S/C16H32N2/c1-3-5-14-6-8-15(9-7-14)17-16-10-12-18(4-2)13-11-16/h14-17H,3-13H2,1-2H3. The Morgan fingerprint density at radius 1 is 0.889 bits per heavy atom. The average molecular weight is 252 g/mol. The van der Waals surface area contributed by atoms with Crippen LogP contribution in [0, 0.1) is 5.92 Å². The van der Waals surface area contributed by atoms with Crippen LogP contribution in [-0.4, -0.2) is 36.6 Å². The van der Waals surface area contributed by atoms with Crippen LogP contribution in [0.2, 0.25) is 0 Å². The molecule has 0 atom stereocenters. The molecule has 0 radical (unpaired) electrons. The van der Waals surface area contributed by atoms with Crippen molar-refractivity contribution < 1.29 is 0 Å². The number of nitrogens with zero attached hydrogens (tertiary/aromatic N) is 1. The Bertz CT molecular complexity index is 213. The molecular weight excluding hydrogens is 220 g/mol. The molecule has 18 heavy (non-hydrogen) atoms. The second-order valence-electron chi connectivity index (χ2n) is 6.38. The molecule has 2 fully saturated rings. The third-order valence-corrected chi connectivity index (χ3v) is 5.05. The summed E-state index contributed by atoms with van der Waals surface area (Å²) in [5, 5.41) is 3.94. The number of hydrogen-bond donors (Lipinski definition) is 1. The van der Waals surface area contributed by atoms with Crippen LogP contribution >= 0.6 is 0 Å². The fraction of sp³-hybridized carbons (Fsp3) is 1.00. The van der Waals surface area contributed by atoms with Gasteiger partial charge in [0, 0.05) is 12.1 Å². The molecule has 0 aromatic carbocycles. The Kier molecular flexibility index (Phi) is 5.97. The summed E-state index contributed by atoms with van der Waals surface area (Å²) >= 11 is 0. The number of piperidine rings is 1. The van der Waals surface area contributed by atoms with Gasteiger partial charge in [0.2, 0.25) is 0 Å². The minimum Gasteiger partial charge on any atom is -0.311 e. The van der Waals surface area contributed by atoms with Gasteiger partial charge in [0.1, 0.15) is 0 Å². The minimum atomic E-state index is 0.806. The largest absolute Gasteiger partial charge is 0.311 e. The Labute approximate surface area is 114 Å². The van der Waals surface area contributed by atoms with Crippen LogP contribution in [0.3, 0.4) is 0 Å². The lowest BCUT2D eigenvalue weighted by Gasteiger charge is -2.36. The van der Waals surface area contributed by atoms with Crippen LogP contribution in [0.25, 0.3) is 0 Å². The van der Waals surface area contributed by atoms with Crippen molar-refractivity contribution in [3.8, 4) is 0 Å². The van der Waals surface area contributed by atoms with Gasteiger partial charge in [0.05, 0.1) is 0 Å². The topological polar surface area (TPSA) is 15.3 Å². The molecule has 1 saturated heterocycles. The van der Waals surface area contributed by atoms with Gasteiger partial charge in [-0.25, -0.2) is 0 Å². The zero-order chi connectivity index (χ0) is 12.8. The lowest BCUT2D eigenvalue weighted by atomic mass is 9.83. The summed E-state index contributed by atoms with van der Waals surface area (Å²) in [6.07, 6.45) is 11.4. The molecule has 1 aliphatic carbocycles. The molecule has 0 bridgehead atoms. The number of nitrogens with one attached hydrogen (secondary N) is 1. The van der Waals surface area contributed by atoms with E-state index in [1.807, 2.05) is 0 Å². The molecule has 1 aliphatic heterocycles. The van der Waals surface area contributed by atoms with Gasteiger partial charge < -0.3 is 10.2 Å². The Hall–Kier alpha value is -0.0800. The quantitative estimate of drug-likeness (QED) is 0.806. The maximum absolute atomic E-state index is 3.94. The number of likely N-dealkylation sites (tertiary alicyclic amines) is 1. The summed E-state index contributed by atoms with van der Waals surface area (Å²) in [4.78, 5) is 2.58. The Morgan fingerprint density at radius 2 is 1.50 bits per heavy atom. The molecule has 106 valence electrons. The molecule has 1 saturated carbocycles. The smallest absolute Gasteiger partial charge is 0.00940 e. The minimum absolute atomic E-state index is 0.806. The van der Waals surface area contributed by atoms with Gasteiger partial charge in [-0.2, -0.15) is 0 Å². The van der Waals surface area contributed by atoms with Crippen molar-refractivity contribution >= 4 is 0 Å². The summed E-state index contributed by atoms with van der Waals surface area (Å²) in [6.45, 7) is 8.45. The highest BCUT2D eigenvalue weighted by Crippen LogP contribution is 2.28. The van der Waals surface area contributed by atoms with Crippen LogP contribution in [0.1, 0.15) is 65.2 Å². The molecule has 0 amide bonds. The van der Waals surface area contributed by atoms with Crippen LogP contribution in [0.4, 0.5) is 0 Å². The lowest BCUT2D eigenvalue weighted by Crippen LogP contribution is -2.47. The van der Waals surface area contributed by atoms with Crippen molar-refractivity contribution in [1.82, 2.24) is 10.2 Å². The van der Waals surface area contributed by atoms with E-state index in [1.165, 1.54) is 71.0 Å². The fourth-order valence-corrected chi connectivity index (χ4v) is 3.78. The molecule has 0 spiro atoms. The van der Waals surface area contributed by atoms with E-state index in [4.69, 9.17) is 0 Å². The summed E-state index contributed by atoms with van der Waals surface area (Å²) in [5.41, 5.74) is 0. The molecule has 1 heterocycles. The van der Waals surface area contributed by atoms with Crippen molar-refractivity contribution in [3.63, 3.8) is 0 Å². The first-order valence-corrected chi connectivity index (χ1v) is 8.30. The summed E-state index contributed by atoms with van der Waals surface area (Å²) in [5.74, 6) is 1.04. The SMILES string of the molecule is CCCC1CCC(NC2CCN(CC)CC2)CC1. The lowest BCUT2D eigenvalue weighted by molar-refractivity contribution is 0.183. The van der Waals surface area contributed by atoms with Crippen LogP contribution in [0.5, 0.6) is 0 Å². The van der Waals surface area contributed by atoms with Crippen LogP contribution in [-0.2, 0) is 0 Å². The zero-order valence-corrected chi connectivity index (χ0v) is 12.5. The summed E-state index contributed by atoms with van der Waals surface area (Å²) in [7, 11) is 0. The van der Waals surface area contributed by atoms with E-state index in [0.29, 0.717) is 0 Å². The van der Waals surface area contributed by atoms with E-state index in [1.54, 1.807) is 0 Å². The first-order chi connectivity index (χ1) is 8.81. The Balaban J connectivity index is 1.63. The number of hydrogen-bond acceptors (Lipinski definition) is 2. The van der Waals surface area contributed by atoms with E-state index in [2.05, 4.69) is 24.1 Å². The Morgan fingerprint density at radius 3 is 2.06 bits per heavy atom. The molecule has 1 N–H and O–H groups in total. The zero-order valence-electron chi connectivity index (χ0n) is 12.5. The molecule has 0 aromatic heterocycles. The van der Waals surface area contributed by atoms with Crippen molar-refractivity contribution in [2.24, 2.45) is 5.92 Å². The number of rotatable bonds is 5. The predicted molar refractivity (Wildman–Crippen MR) is 78.9 cm³/mol. The van der Waals surface area contributed by atoms with E-state index in [9.17, 15) is 0 Å². The molecule has 2 rings (SSSR count). The van der Waals surface area contributed by atoms with Crippen molar-refractivity contribution in [3.05, 3.63) is 0 Å². The predicted octanol–water partition coefficient (Wildman–Crippen LogP) is 3.42. The normalized spacial score (nSPS) is 31.7. The maximum atomic E-state index is 3.94. The van der Waals surface area contributed by atoms with Gasteiger partial charge in [0.15, 0.2) is 0 Å². The van der Waals surface area contributed by atoms with Crippen LogP contribution < -0.4 is 5.32 Å². The second-order valence-corrected chi connectivity index (χ2v) is 6.38. The van der Waals surface area contributed by atoms with Crippen molar-refractivity contribution in [2.45, 2.75) is 77.3 Å². The summed E-state index contributed by atoms with van der Waals surface area (Å²) in [6, 6.07) is 1.64. The van der Waals surface area contributed by atoms with Crippen molar-refractivity contribution in [2.75, 3.05) is 19.6 Å². The molecule has 2 aliphatic rings. The first kappa shape index (κ1) is 14.3. The van der Waals surface area contributed by atoms with E-state index in [0.717, 1.165) is 18.0 Å². The monoisotopic (exact) mass is 252 g/mol. The van der Waals surface area contributed by atoms with Gasteiger partial charge in [-0.15, -0.1) is 0 Å². The highest BCUT2D eigenvalue weighted by molar-refractivity contribution is 4.83. The molecule has 2 nitrogen and oxygen atoms in total. The fourth-order valence-electron chi connectivity index (χ4n) is 3.78. The van der Waals surface area contributed by atoms with Gasteiger partial charge in [-0.1, -0.05) is 26.7 Å². The first-order valence-electron chi connectivity index (χ1n) is 8.30. The molecular formula is C16H32N2. The molecule has 0 aromatic rings. The van der Waals surface area contributed by atoms with Crippen molar-refractivity contribution in [1.29, 1.82) is 0 Å². The average Bonchev–Trinajstić information content (AvgIpc) is 2.42. The van der Waals surface area contributed by atoms with E-state index >= 15 is 0 Å². The second kappa shape index (κ2) is 7.49. The molecule has 0 unspecified atom stereocenters. The maximum Gasteiger partial charge on any atom is 0.00940 e. The molecule has 2 heteroatoms. The van der Waals surface area contributed by atoms with Gasteiger partial charge in [-0.05, 0) is 64.1 Å². The van der Waals surface area contributed by atoms with Crippen LogP contribution in [0.15, 0.2) is 0 Å². The van der Waals surface area contributed by atoms with Gasteiger partial charge in [0.25, 0.3) is 0 Å². The highest BCUT2D eigenvalue weighted by atomic mass is 15.1. The summed E-state index contributed by atoms with van der Waals surface area (Å²) < 4.78 is 0. The third kappa shape index (κ3) is 4.24. The van der Waals surface area contributed by atoms with E-state index in [-0.39, 0.29) is 0 Å². The van der Waals surface area contributed by atoms with Gasteiger partial charge >= 0.3 is 0 Å². The van der Waals surface area contributed by atoms with Gasteiger partial charge in [-0.3, -0.25) is 0 Å². The third-order valence-electron chi connectivity index (χ3n) is 5.05.